The number of benzene rings is 2. The summed E-state index contributed by atoms with van der Waals surface area (Å²) in [6.07, 6.45) is -5.66. The number of hydrogen-bond donors (Lipinski definition) is 3. The number of fused-ring (bicyclic) bond motifs is 1. The van der Waals surface area contributed by atoms with Crippen molar-refractivity contribution in [2.45, 2.75) is 44.0 Å². The maximum absolute atomic E-state index is 13.4. The van der Waals surface area contributed by atoms with E-state index in [4.69, 9.17) is 19.8 Å². The van der Waals surface area contributed by atoms with Gasteiger partial charge in [0.05, 0.1) is 10.9 Å². The van der Waals surface area contributed by atoms with Gasteiger partial charge in [-0.2, -0.15) is 26.3 Å². The highest BCUT2D eigenvalue weighted by Gasteiger charge is 2.51. The lowest BCUT2D eigenvalue weighted by atomic mass is 9.68. The molecule has 2 fully saturated rings. The van der Waals surface area contributed by atoms with Gasteiger partial charge >= 0.3 is 24.3 Å². The van der Waals surface area contributed by atoms with E-state index in [0.29, 0.717) is 18.5 Å². The number of nitrogens with zero attached hydrogens (tertiary/aromatic N) is 2. The second kappa shape index (κ2) is 15.3. The van der Waals surface area contributed by atoms with Crippen LogP contribution in [0.25, 0.3) is 10.9 Å². The van der Waals surface area contributed by atoms with Gasteiger partial charge in [0, 0.05) is 36.0 Å². The van der Waals surface area contributed by atoms with Crippen LogP contribution in [0.3, 0.4) is 0 Å². The zero-order chi connectivity index (χ0) is 35.0. The summed E-state index contributed by atoms with van der Waals surface area (Å²) in [5, 5.41) is 18.3. The predicted octanol–water partition coefficient (Wildman–Crippen LogP) is 5.60. The van der Waals surface area contributed by atoms with Crippen molar-refractivity contribution in [2.75, 3.05) is 26.2 Å². The van der Waals surface area contributed by atoms with E-state index in [1.54, 1.807) is 6.20 Å². The Morgan fingerprint density at radius 2 is 1.47 bits per heavy atom. The highest BCUT2D eigenvalue weighted by molar-refractivity contribution is 5.98. The van der Waals surface area contributed by atoms with Gasteiger partial charge in [0.1, 0.15) is 5.82 Å². The zero-order valence-corrected chi connectivity index (χ0v) is 24.6. The SMILES string of the molecule is O=C(CCCN1CCC2(CC1)C(=O)NC[C@H]2c1ccc(F)cc1)c1cnc2ccccc2c1.O=C(O)C(F)(F)F.O=C(O)C(F)(F)F. The van der Waals surface area contributed by atoms with E-state index in [1.165, 1.54) is 12.1 Å². The molecule has 254 valence electrons. The number of carboxylic acids is 2. The molecule has 0 saturated carbocycles. The van der Waals surface area contributed by atoms with Crippen molar-refractivity contribution in [3.8, 4) is 0 Å². The molecule has 0 unspecified atom stereocenters. The molecule has 9 nitrogen and oxygen atoms in total. The maximum Gasteiger partial charge on any atom is 0.490 e. The molecule has 2 aliphatic heterocycles. The lowest BCUT2D eigenvalue weighted by Crippen LogP contribution is -2.46. The molecule has 47 heavy (non-hydrogen) atoms. The first-order valence-electron chi connectivity index (χ1n) is 14.2. The number of alkyl halides is 6. The first-order valence-corrected chi connectivity index (χ1v) is 14.2. The maximum atomic E-state index is 13.4. The van der Waals surface area contributed by atoms with E-state index in [0.717, 1.165) is 55.4 Å². The number of para-hydroxylation sites is 1. The van der Waals surface area contributed by atoms with E-state index in [-0.39, 0.29) is 23.4 Å². The van der Waals surface area contributed by atoms with Gasteiger partial charge in [0.15, 0.2) is 5.78 Å². The first-order chi connectivity index (χ1) is 21.9. The first kappa shape index (κ1) is 36.9. The van der Waals surface area contributed by atoms with Gasteiger partial charge in [-0.15, -0.1) is 0 Å². The van der Waals surface area contributed by atoms with Crippen LogP contribution in [0.15, 0.2) is 60.8 Å². The van der Waals surface area contributed by atoms with Crippen molar-refractivity contribution in [3.05, 3.63) is 77.7 Å². The molecule has 2 aliphatic rings. The molecule has 0 radical (unpaired) electrons. The van der Waals surface area contributed by atoms with Crippen molar-refractivity contribution in [3.63, 3.8) is 0 Å². The van der Waals surface area contributed by atoms with Crippen LogP contribution >= 0.6 is 0 Å². The largest absolute Gasteiger partial charge is 0.490 e. The number of carbonyl (C=O) groups excluding carboxylic acids is 2. The van der Waals surface area contributed by atoms with E-state index >= 15 is 0 Å². The molecule has 3 aromatic rings. The summed E-state index contributed by atoms with van der Waals surface area (Å²) in [6.45, 7) is 3.11. The molecule has 1 spiro atoms. The Balaban J connectivity index is 0.000000360. The number of likely N-dealkylation sites (tertiary alicyclic amines) is 1. The van der Waals surface area contributed by atoms with Crippen molar-refractivity contribution < 1.29 is 60.1 Å². The quantitative estimate of drug-likeness (QED) is 0.227. The third-order valence-electron chi connectivity index (χ3n) is 7.88. The van der Waals surface area contributed by atoms with Gasteiger partial charge in [-0.1, -0.05) is 30.3 Å². The van der Waals surface area contributed by atoms with E-state index in [1.807, 2.05) is 42.5 Å². The van der Waals surface area contributed by atoms with Crippen LogP contribution in [0.4, 0.5) is 30.7 Å². The number of pyridine rings is 1. The second-order valence-electron chi connectivity index (χ2n) is 10.9. The summed E-state index contributed by atoms with van der Waals surface area (Å²) < 4.78 is 76.8. The normalized spacial score (nSPS) is 17.6. The number of carboxylic acid groups (broad SMARTS) is 2. The molecule has 2 saturated heterocycles. The number of ketones is 1. The fourth-order valence-electron chi connectivity index (χ4n) is 5.44. The van der Waals surface area contributed by atoms with Crippen LogP contribution in [-0.2, 0) is 14.4 Å². The monoisotopic (exact) mass is 673 g/mol. The van der Waals surface area contributed by atoms with Crippen molar-refractivity contribution in [1.29, 1.82) is 0 Å². The summed E-state index contributed by atoms with van der Waals surface area (Å²) in [4.78, 5) is 50.0. The number of aromatic nitrogens is 1. The molecular weight excluding hydrogens is 643 g/mol. The molecule has 3 heterocycles. The molecule has 1 amide bonds. The van der Waals surface area contributed by atoms with Gasteiger partial charge in [-0.25, -0.2) is 14.0 Å². The topological polar surface area (TPSA) is 137 Å². The minimum Gasteiger partial charge on any atom is -0.475 e. The van der Waals surface area contributed by atoms with Crippen LogP contribution in [-0.4, -0.2) is 82.3 Å². The second-order valence-corrected chi connectivity index (χ2v) is 10.9. The molecule has 16 heteroatoms. The van der Waals surface area contributed by atoms with Gasteiger partial charge in [0.25, 0.3) is 0 Å². The molecule has 5 rings (SSSR count). The number of nitrogens with one attached hydrogen (secondary N) is 1. The minimum atomic E-state index is -5.08. The number of hydrogen-bond acceptors (Lipinski definition) is 6. The Morgan fingerprint density at radius 3 is 2.02 bits per heavy atom. The average Bonchev–Trinajstić information content (AvgIpc) is 3.32. The number of rotatable bonds is 6. The summed E-state index contributed by atoms with van der Waals surface area (Å²) in [5.74, 6) is -5.45. The smallest absolute Gasteiger partial charge is 0.475 e. The highest BCUT2D eigenvalue weighted by atomic mass is 19.4. The summed E-state index contributed by atoms with van der Waals surface area (Å²) in [7, 11) is 0. The van der Waals surface area contributed by atoms with Gasteiger partial charge in [-0.3, -0.25) is 14.6 Å². The van der Waals surface area contributed by atoms with Gasteiger partial charge < -0.3 is 20.4 Å². The molecule has 1 aromatic heterocycles. The molecular formula is C31H30F7N3O6. The van der Waals surface area contributed by atoms with Crippen LogP contribution in [0.2, 0.25) is 0 Å². The fraction of sp³-hybridized carbons (Fsp3) is 0.387. The molecule has 3 N–H and O–H groups in total. The Kier molecular flexibility index (Phi) is 12.0. The lowest BCUT2D eigenvalue weighted by Gasteiger charge is -2.41. The Morgan fingerprint density at radius 1 is 0.915 bits per heavy atom. The molecule has 0 aliphatic carbocycles. The standard InChI is InChI=1S/C27H28FN3O2.2C2HF3O2/c28-22-9-7-19(8-10-22)23-18-30-26(33)27(23)11-14-31(15-12-27)13-3-6-25(32)21-16-20-4-1-2-5-24(20)29-17-21;2*3-2(4,5)1(6)7/h1-2,4-5,7-10,16-17,23H,3,6,11-15,18H2,(H,30,33);2*(H,6,7)/t23-;;/m0../s1. The predicted molar refractivity (Wildman–Crippen MR) is 153 cm³/mol. The third kappa shape index (κ3) is 9.94. The molecule has 0 bridgehead atoms. The van der Waals surface area contributed by atoms with Crippen molar-refractivity contribution >= 4 is 34.5 Å². The molecule has 2 aromatic carbocycles. The summed E-state index contributed by atoms with van der Waals surface area (Å²) in [6, 6.07) is 16.3. The summed E-state index contributed by atoms with van der Waals surface area (Å²) in [5.41, 5.74) is 2.17. The Bertz CT molecular complexity index is 1550. The van der Waals surface area contributed by atoms with Gasteiger partial charge in [-0.05, 0) is 68.7 Å². The third-order valence-corrected chi connectivity index (χ3v) is 7.88. The average molecular weight is 674 g/mol. The van der Waals surface area contributed by atoms with Crippen LogP contribution in [0.1, 0.15) is 47.5 Å². The summed E-state index contributed by atoms with van der Waals surface area (Å²) >= 11 is 0. The van der Waals surface area contributed by atoms with E-state index in [9.17, 15) is 40.3 Å². The number of carbonyl (C=O) groups is 4. The van der Waals surface area contributed by atoms with Gasteiger partial charge in [0.2, 0.25) is 5.91 Å². The van der Waals surface area contributed by atoms with Crippen LogP contribution in [0.5, 0.6) is 0 Å². The van der Waals surface area contributed by atoms with Crippen molar-refractivity contribution in [1.82, 2.24) is 15.2 Å². The number of halogens is 7. The lowest BCUT2D eigenvalue weighted by molar-refractivity contribution is -0.193. The minimum absolute atomic E-state index is 0.0785. The van der Waals surface area contributed by atoms with Crippen molar-refractivity contribution in [2.24, 2.45) is 5.41 Å². The Hall–Kier alpha value is -4.60. The van der Waals surface area contributed by atoms with Crippen LogP contribution < -0.4 is 5.32 Å². The highest BCUT2D eigenvalue weighted by Crippen LogP contribution is 2.47. The molecule has 1 atom stereocenters. The van der Waals surface area contributed by atoms with E-state index < -0.39 is 29.7 Å². The van der Waals surface area contributed by atoms with E-state index in [2.05, 4.69) is 15.2 Å². The fourth-order valence-corrected chi connectivity index (χ4v) is 5.44. The Labute approximate surface area is 263 Å². The number of amides is 1. The number of piperidine rings is 1. The number of aliphatic carboxylic acids is 2. The zero-order valence-electron chi connectivity index (χ0n) is 24.6. The number of Topliss-reactive ketones (excluding diaryl/α,β-unsaturated/α-hetero) is 1. The van der Waals surface area contributed by atoms with Crippen LogP contribution in [0, 0.1) is 11.2 Å².